The highest BCUT2D eigenvalue weighted by molar-refractivity contribution is 7.92. The Morgan fingerprint density at radius 1 is 1.14 bits per heavy atom. The number of hydrogen-bond acceptors (Lipinski definition) is 7. The predicted molar refractivity (Wildman–Crippen MR) is 129 cm³/mol. The fraction of sp³-hybridized carbons (Fsp3) is 0.435. The molecule has 0 aromatic heterocycles. The Balaban J connectivity index is 2.01. The van der Waals surface area contributed by atoms with Gasteiger partial charge in [-0.05, 0) is 62.7 Å². The van der Waals surface area contributed by atoms with Crippen LogP contribution in [0.1, 0.15) is 26.3 Å². The molecule has 0 spiro atoms. The summed E-state index contributed by atoms with van der Waals surface area (Å²) in [6.07, 6.45) is 0.142. The molecule has 2 aromatic carbocycles. The van der Waals surface area contributed by atoms with Crippen molar-refractivity contribution < 1.29 is 35.5 Å². The highest BCUT2D eigenvalue weighted by Gasteiger charge is 2.36. The van der Waals surface area contributed by atoms with Gasteiger partial charge in [-0.2, -0.15) is 0 Å². The first kappa shape index (κ1) is 26.9. The van der Waals surface area contributed by atoms with E-state index in [9.17, 15) is 26.0 Å². The smallest absolute Gasteiger partial charge is 0.310 e. The van der Waals surface area contributed by atoms with Crippen LogP contribution in [-0.4, -0.2) is 65.2 Å². The zero-order chi connectivity index (χ0) is 26.2. The number of rotatable bonds is 7. The summed E-state index contributed by atoms with van der Waals surface area (Å²) < 4.78 is 77.7. The summed E-state index contributed by atoms with van der Waals surface area (Å²) in [5, 5.41) is 0. The van der Waals surface area contributed by atoms with Gasteiger partial charge in [-0.1, -0.05) is 6.07 Å². The maximum Gasteiger partial charge on any atom is 0.310 e. The quantitative estimate of drug-likeness (QED) is 0.508. The third-order valence-electron chi connectivity index (χ3n) is 5.15. The number of esters is 1. The molecule has 0 aliphatic carbocycles. The van der Waals surface area contributed by atoms with Gasteiger partial charge in [-0.3, -0.25) is 9.10 Å². The number of nitrogens with zero attached hydrogens (tertiary/aromatic N) is 2. The van der Waals surface area contributed by atoms with E-state index in [2.05, 4.69) is 0 Å². The van der Waals surface area contributed by atoms with Gasteiger partial charge in [0.05, 0.1) is 36.3 Å². The molecule has 1 atom stereocenters. The van der Waals surface area contributed by atoms with Gasteiger partial charge in [0, 0.05) is 7.05 Å². The molecule has 0 saturated heterocycles. The fourth-order valence-corrected chi connectivity index (χ4v) is 5.43. The molecule has 0 bridgehead atoms. The zero-order valence-electron chi connectivity index (χ0n) is 20.2. The maximum atomic E-state index is 13.5. The first-order valence-corrected chi connectivity index (χ1v) is 14.1. The van der Waals surface area contributed by atoms with Crippen LogP contribution in [0, 0.1) is 5.82 Å². The lowest BCUT2D eigenvalue weighted by Crippen LogP contribution is -2.48. The average molecular weight is 529 g/mol. The summed E-state index contributed by atoms with van der Waals surface area (Å²) in [6, 6.07) is 9.08. The third kappa shape index (κ3) is 6.71. The predicted octanol–water partition coefficient (Wildman–Crippen LogP) is 2.56. The number of fused-ring (bicyclic) bond motifs is 1. The molecule has 2 aromatic rings. The van der Waals surface area contributed by atoms with Crippen molar-refractivity contribution >= 4 is 31.7 Å². The molecule has 1 heterocycles. The van der Waals surface area contributed by atoms with Gasteiger partial charge < -0.3 is 9.47 Å². The number of likely N-dealkylation sites (N-methyl/N-ethyl adjacent to an activating group) is 1. The van der Waals surface area contributed by atoms with Gasteiger partial charge in [-0.15, -0.1) is 0 Å². The second-order valence-electron chi connectivity index (χ2n) is 9.34. The van der Waals surface area contributed by atoms with E-state index in [4.69, 9.17) is 9.47 Å². The zero-order valence-corrected chi connectivity index (χ0v) is 21.8. The fourth-order valence-electron chi connectivity index (χ4n) is 3.49. The summed E-state index contributed by atoms with van der Waals surface area (Å²) in [7, 11) is -6.33. The summed E-state index contributed by atoms with van der Waals surface area (Å²) in [5.41, 5.74) is 0.0202. The van der Waals surface area contributed by atoms with Crippen LogP contribution in [0.2, 0.25) is 0 Å². The number of anilines is 1. The van der Waals surface area contributed by atoms with Crippen LogP contribution in [0.25, 0.3) is 0 Å². The van der Waals surface area contributed by atoms with Crippen LogP contribution in [0.4, 0.5) is 10.1 Å². The summed E-state index contributed by atoms with van der Waals surface area (Å²) in [4.78, 5) is 12.2. The number of carbonyl (C=O) groups is 1. The molecule has 0 radical (unpaired) electrons. The Labute approximate surface area is 205 Å². The monoisotopic (exact) mass is 528 g/mol. The Hall–Kier alpha value is -2.70. The van der Waals surface area contributed by atoms with Gasteiger partial charge >= 0.3 is 5.97 Å². The SMILES string of the molecule is CN(C[C@H]1CN(S(=O)(=O)c2ccc(F)cc2)c2cc(CC(=O)OC(C)(C)C)ccc2O1)S(C)(=O)=O. The van der Waals surface area contributed by atoms with Gasteiger partial charge in [0.1, 0.15) is 23.3 Å². The van der Waals surface area contributed by atoms with E-state index < -0.39 is 43.5 Å². The summed E-state index contributed by atoms with van der Waals surface area (Å²) >= 11 is 0. The van der Waals surface area contributed by atoms with Crippen LogP contribution >= 0.6 is 0 Å². The molecule has 9 nitrogen and oxygen atoms in total. The van der Waals surface area contributed by atoms with Crippen molar-refractivity contribution in [2.45, 2.75) is 43.8 Å². The average Bonchev–Trinajstić information content (AvgIpc) is 2.71. The minimum Gasteiger partial charge on any atom is -0.485 e. The van der Waals surface area contributed by atoms with Crippen molar-refractivity contribution in [2.75, 3.05) is 30.7 Å². The molecule has 192 valence electrons. The first-order valence-electron chi connectivity index (χ1n) is 10.8. The molecular formula is C23H29FN2O7S2. The number of halogens is 1. The lowest BCUT2D eigenvalue weighted by Gasteiger charge is -2.36. The van der Waals surface area contributed by atoms with Crippen LogP contribution < -0.4 is 9.04 Å². The van der Waals surface area contributed by atoms with Crippen LogP contribution in [0.15, 0.2) is 47.4 Å². The van der Waals surface area contributed by atoms with Gasteiger partial charge in [0.25, 0.3) is 10.0 Å². The summed E-state index contributed by atoms with van der Waals surface area (Å²) in [6.45, 7) is 4.96. The number of hydrogen-bond donors (Lipinski definition) is 0. The maximum absolute atomic E-state index is 13.5. The van der Waals surface area contributed by atoms with Crippen LogP contribution in [0.5, 0.6) is 5.75 Å². The van der Waals surface area contributed by atoms with Crippen molar-refractivity contribution in [3.05, 3.63) is 53.8 Å². The van der Waals surface area contributed by atoms with E-state index in [1.54, 1.807) is 26.8 Å². The molecular weight excluding hydrogens is 499 g/mol. The number of benzene rings is 2. The van der Waals surface area contributed by atoms with Gasteiger partial charge in [0.15, 0.2) is 0 Å². The molecule has 0 amide bonds. The van der Waals surface area contributed by atoms with Crippen molar-refractivity contribution in [1.82, 2.24) is 4.31 Å². The van der Waals surface area contributed by atoms with Crippen molar-refractivity contribution in [2.24, 2.45) is 0 Å². The van der Waals surface area contributed by atoms with E-state index >= 15 is 0 Å². The molecule has 35 heavy (non-hydrogen) atoms. The van der Waals surface area contributed by atoms with E-state index in [-0.39, 0.29) is 35.8 Å². The molecule has 1 aliphatic rings. The van der Waals surface area contributed by atoms with E-state index in [0.29, 0.717) is 5.56 Å². The number of carbonyl (C=O) groups excluding carboxylic acids is 1. The minimum atomic E-state index is -4.17. The van der Waals surface area contributed by atoms with Crippen molar-refractivity contribution in [3.8, 4) is 5.75 Å². The van der Waals surface area contributed by atoms with Gasteiger partial charge in [-0.25, -0.2) is 25.5 Å². The summed E-state index contributed by atoms with van der Waals surface area (Å²) in [5.74, 6) is -0.852. The Kier molecular flexibility index (Phi) is 7.49. The molecule has 0 unspecified atom stereocenters. The highest BCUT2D eigenvalue weighted by atomic mass is 32.2. The minimum absolute atomic E-state index is 0.0881. The number of ether oxygens (including phenoxy) is 2. The second-order valence-corrected chi connectivity index (χ2v) is 13.3. The van der Waals surface area contributed by atoms with Crippen LogP contribution in [0.3, 0.4) is 0 Å². The standard InChI is InChI=1S/C23H29FN2O7S2/c1-23(2,3)33-22(27)13-16-6-11-21-20(12-16)26(15-18(32-21)14-25(4)34(5,28)29)35(30,31)19-9-7-17(24)8-10-19/h6-12,18H,13-15H2,1-5H3/t18-/m0/s1. The normalized spacial score (nSPS) is 16.5. The Morgan fingerprint density at radius 3 is 2.34 bits per heavy atom. The van der Waals surface area contributed by atoms with E-state index in [1.165, 1.54) is 19.2 Å². The second kappa shape index (κ2) is 9.75. The Morgan fingerprint density at radius 2 is 1.77 bits per heavy atom. The van der Waals surface area contributed by atoms with E-state index in [1.807, 2.05) is 0 Å². The van der Waals surface area contributed by atoms with Crippen molar-refractivity contribution in [3.63, 3.8) is 0 Å². The third-order valence-corrected chi connectivity index (χ3v) is 8.23. The molecule has 0 fully saturated rings. The molecule has 0 N–H and O–H groups in total. The van der Waals surface area contributed by atoms with E-state index in [0.717, 1.165) is 39.1 Å². The highest BCUT2D eigenvalue weighted by Crippen LogP contribution is 2.38. The van der Waals surface area contributed by atoms with Gasteiger partial charge in [0.2, 0.25) is 10.0 Å². The molecule has 12 heteroatoms. The lowest BCUT2D eigenvalue weighted by molar-refractivity contribution is -0.153. The number of sulfonamides is 2. The molecule has 0 saturated carbocycles. The lowest BCUT2D eigenvalue weighted by atomic mass is 10.1. The first-order chi connectivity index (χ1) is 16.1. The molecule has 1 aliphatic heterocycles. The Bertz CT molecular complexity index is 1300. The topological polar surface area (TPSA) is 110 Å². The van der Waals surface area contributed by atoms with Crippen molar-refractivity contribution in [1.29, 1.82) is 0 Å². The molecule has 3 rings (SSSR count). The largest absolute Gasteiger partial charge is 0.485 e. The van der Waals surface area contributed by atoms with Crippen LogP contribution in [-0.2, 0) is 36.0 Å².